The molecule has 0 radical (unpaired) electrons. The number of nitrogens with one attached hydrogen (secondary N) is 1. The molecule has 0 aliphatic heterocycles. The van der Waals surface area contributed by atoms with Gasteiger partial charge in [-0.1, -0.05) is 15.9 Å². The predicted octanol–water partition coefficient (Wildman–Crippen LogP) is 2.67. The molecule has 3 N–H and O–H groups in total. The number of hydrogen-bond acceptors (Lipinski definition) is 3. The molecule has 1 aromatic carbocycles. The van der Waals surface area contributed by atoms with Crippen LogP contribution in [0.15, 0.2) is 22.7 Å². The highest BCUT2D eigenvalue weighted by Crippen LogP contribution is 2.23. The second-order valence-corrected chi connectivity index (χ2v) is 5.65. The van der Waals surface area contributed by atoms with Crippen LogP contribution >= 0.6 is 15.9 Å². The quantitative estimate of drug-likeness (QED) is 0.849. The van der Waals surface area contributed by atoms with Gasteiger partial charge in [0.05, 0.1) is 7.11 Å². The molecule has 0 spiro atoms. The summed E-state index contributed by atoms with van der Waals surface area (Å²) >= 11 is 3.47. The Morgan fingerprint density at radius 2 is 2.12 bits per heavy atom. The summed E-state index contributed by atoms with van der Waals surface area (Å²) in [6, 6.07) is 6.02. The molecule has 1 aromatic rings. The first kappa shape index (κ1) is 14.5. The lowest BCUT2D eigenvalue weighted by molar-refractivity contribution is 0.357. The van der Waals surface area contributed by atoms with E-state index in [0.29, 0.717) is 6.54 Å². The molecule has 1 rings (SSSR count). The Morgan fingerprint density at radius 3 is 2.71 bits per heavy atom. The standard InChI is InChI=1S/C13H21BrN2O/c1-13(2,6-7-15)16-9-10-8-11(14)4-5-12(10)17-3/h4-5,8,16H,6-7,9,15H2,1-3H3. The summed E-state index contributed by atoms with van der Waals surface area (Å²) in [7, 11) is 1.69. The summed E-state index contributed by atoms with van der Waals surface area (Å²) in [5.74, 6) is 0.907. The van der Waals surface area contributed by atoms with Crippen LogP contribution in [0.25, 0.3) is 0 Å². The van der Waals surface area contributed by atoms with E-state index in [-0.39, 0.29) is 5.54 Å². The summed E-state index contributed by atoms with van der Waals surface area (Å²) < 4.78 is 6.40. The fourth-order valence-corrected chi connectivity index (χ4v) is 2.08. The summed E-state index contributed by atoms with van der Waals surface area (Å²) in [4.78, 5) is 0. The molecule has 0 bridgehead atoms. The lowest BCUT2D eigenvalue weighted by atomic mass is 10.0. The van der Waals surface area contributed by atoms with Gasteiger partial charge in [0.25, 0.3) is 0 Å². The van der Waals surface area contributed by atoms with Crippen LogP contribution in [0.4, 0.5) is 0 Å². The van der Waals surface area contributed by atoms with Gasteiger partial charge in [0.2, 0.25) is 0 Å². The molecule has 17 heavy (non-hydrogen) atoms. The molecule has 0 aromatic heterocycles. The van der Waals surface area contributed by atoms with Crippen LogP contribution in [0.5, 0.6) is 5.75 Å². The van der Waals surface area contributed by atoms with Crippen LogP contribution in [-0.2, 0) is 6.54 Å². The average Bonchev–Trinajstić information content (AvgIpc) is 2.27. The van der Waals surface area contributed by atoms with Crippen molar-refractivity contribution in [2.24, 2.45) is 5.73 Å². The van der Waals surface area contributed by atoms with Gasteiger partial charge in [0, 0.05) is 22.1 Å². The first-order valence-electron chi connectivity index (χ1n) is 5.76. The molecule has 0 amide bonds. The fraction of sp³-hybridized carbons (Fsp3) is 0.538. The number of benzene rings is 1. The summed E-state index contributed by atoms with van der Waals surface area (Å²) in [6.45, 7) is 5.78. The highest BCUT2D eigenvalue weighted by atomic mass is 79.9. The van der Waals surface area contributed by atoms with Crippen molar-refractivity contribution in [1.29, 1.82) is 0 Å². The minimum atomic E-state index is 0.0437. The number of ether oxygens (including phenoxy) is 1. The predicted molar refractivity (Wildman–Crippen MR) is 75.3 cm³/mol. The topological polar surface area (TPSA) is 47.3 Å². The first-order valence-corrected chi connectivity index (χ1v) is 6.55. The van der Waals surface area contributed by atoms with E-state index in [9.17, 15) is 0 Å². The highest BCUT2D eigenvalue weighted by Gasteiger charge is 2.16. The van der Waals surface area contributed by atoms with E-state index in [1.165, 1.54) is 0 Å². The van der Waals surface area contributed by atoms with Crippen molar-refractivity contribution < 1.29 is 4.74 Å². The number of methoxy groups -OCH3 is 1. The molecular weight excluding hydrogens is 280 g/mol. The van der Waals surface area contributed by atoms with Gasteiger partial charge in [-0.25, -0.2) is 0 Å². The third-order valence-corrected chi connectivity index (χ3v) is 3.26. The lowest BCUT2D eigenvalue weighted by Gasteiger charge is -2.26. The normalized spacial score (nSPS) is 11.6. The van der Waals surface area contributed by atoms with Crippen molar-refractivity contribution >= 4 is 15.9 Å². The Balaban J connectivity index is 2.71. The number of halogens is 1. The monoisotopic (exact) mass is 300 g/mol. The van der Waals surface area contributed by atoms with Crippen LogP contribution in [0.3, 0.4) is 0 Å². The van der Waals surface area contributed by atoms with Gasteiger partial charge < -0.3 is 15.8 Å². The van der Waals surface area contributed by atoms with E-state index in [2.05, 4.69) is 41.2 Å². The molecule has 0 aliphatic carbocycles. The van der Waals surface area contributed by atoms with Gasteiger partial charge >= 0.3 is 0 Å². The zero-order valence-electron chi connectivity index (χ0n) is 10.7. The molecule has 0 unspecified atom stereocenters. The molecule has 0 aliphatic rings. The van der Waals surface area contributed by atoms with E-state index in [4.69, 9.17) is 10.5 Å². The second-order valence-electron chi connectivity index (χ2n) is 4.73. The summed E-state index contributed by atoms with van der Waals surface area (Å²) in [5, 5.41) is 3.50. The molecule has 0 saturated heterocycles. The summed E-state index contributed by atoms with van der Waals surface area (Å²) in [5.41, 5.74) is 6.78. The van der Waals surface area contributed by atoms with Crippen molar-refractivity contribution in [2.45, 2.75) is 32.4 Å². The average molecular weight is 301 g/mol. The Kier molecular flexibility index (Phi) is 5.43. The number of nitrogens with two attached hydrogens (primary N) is 1. The van der Waals surface area contributed by atoms with Crippen LogP contribution in [0.1, 0.15) is 25.8 Å². The third-order valence-electron chi connectivity index (χ3n) is 2.77. The molecule has 0 heterocycles. The molecule has 0 fully saturated rings. The van der Waals surface area contributed by atoms with Gasteiger partial charge in [-0.2, -0.15) is 0 Å². The molecule has 0 atom stereocenters. The van der Waals surface area contributed by atoms with Crippen LogP contribution in [0.2, 0.25) is 0 Å². The molecule has 0 saturated carbocycles. The summed E-state index contributed by atoms with van der Waals surface area (Å²) in [6.07, 6.45) is 0.948. The van der Waals surface area contributed by atoms with Crippen molar-refractivity contribution in [1.82, 2.24) is 5.32 Å². The lowest BCUT2D eigenvalue weighted by Crippen LogP contribution is -2.40. The smallest absolute Gasteiger partial charge is 0.123 e. The number of rotatable bonds is 6. The van der Waals surface area contributed by atoms with Crippen molar-refractivity contribution in [3.05, 3.63) is 28.2 Å². The highest BCUT2D eigenvalue weighted by molar-refractivity contribution is 9.10. The minimum Gasteiger partial charge on any atom is -0.496 e. The first-order chi connectivity index (χ1) is 7.98. The maximum absolute atomic E-state index is 5.59. The van der Waals surface area contributed by atoms with Gasteiger partial charge in [-0.05, 0) is 45.0 Å². The minimum absolute atomic E-state index is 0.0437. The van der Waals surface area contributed by atoms with E-state index in [1.54, 1.807) is 7.11 Å². The fourth-order valence-electron chi connectivity index (χ4n) is 1.67. The van der Waals surface area contributed by atoms with E-state index < -0.39 is 0 Å². The van der Waals surface area contributed by atoms with Crippen LogP contribution in [0, 0.1) is 0 Å². The van der Waals surface area contributed by atoms with Crippen molar-refractivity contribution in [2.75, 3.05) is 13.7 Å². The third kappa shape index (κ3) is 4.66. The SMILES string of the molecule is COc1ccc(Br)cc1CNC(C)(C)CCN. The van der Waals surface area contributed by atoms with E-state index in [1.807, 2.05) is 12.1 Å². The zero-order chi connectivity index (χ0) is 12.9. The second kappa shape index (κ2) is 6.38. The molecule has 3 nitrogen and oxygen atoms in total. The largest absolute Gasteiger partial charge is 0.496 e. The molecular formula is C13H21BrN2O. The molecule has 4 heteroatoms. The van der Waals surface area contributed by atoms with Crippen LogP contribution < -0.4 is 15.8 Å². The molecule has 96 valence electrons. The maximum atomic E-state index is 5.59. The van der Waals surface area contributed by atoms with Gasteiger partial charge in [-0.15, -0.1) is 0 Å². The zero-order valence-corrected chi connectivity index (χ0v) is 12.3. The van der Waals surface area contributed by atoms with Crippen molar-refractivity contribution in [3.63, 3.8) is 0 Å². The van der Waals surface area contributed by atoms with E-state index in [0.717, 1.165) is 28.8 Å². The van der Waals surface area contributed by atoms with Crippen LogP contribution in [-0.4, -0.2) is 19.2 Å². The Hall–Kier alpha value is -0.580. The van der Waals surface area contributed by atoms with Gasteiger partial charge in [-0.3, -0.25) is 0 Å². The Labute approximate surface area is 112 Å². The number of hydrogen-bond donors (Lipinski definition) is 2. The van der Waals surface area contributed by atoms with Crippen molar-refractivity contribution in [3.8, 4) is 5.75 Å². The van der Waals surface area contributed by atoms with Gasteiger partial charge in [0.1, 0.15) is 5.75 Å². The Morgan fingerprint density at radius 1 is 1.41 bits per heavy atom. The Bertz CT molecular complexity index is 366. The maximum Gasteiger partial charge on any atom is 0.123 e. The van der Waals surface area contributed by atoms with Gasteiger partial charge in [0.15, 0.2) is 0 Å². The van der Waals surface area contributed by atoms with E-state index >= 15 is 0 Å².